The Labute approximate surface area is 120 Å². The first-order valence-corrected chi connectivity index (χ1v) is 8.91. The summed E-state index contributed by atoms with van der Waals surface area (Å²) < 4.78 is 34.5. The maximum atomic E-state index is 12.3. The highest BCUT2D eigenvalue weighted by atomic mass is 32.2. The van der Waals surface area contributed by atoms with Crippen molar-refractivity contribution >= 4 is 15.6 Å². The lowest BCUT2D eigenvalue weighted by molar-refractivity contribution is -0.130. The highest BCUT2D eigenvalue weighted by Crippen LogP contribution is 2.40. The normalized spacial score (nSPS) is 32.2. The molecule has 2 fully saturated rings. The Balaban J connectivity index is 1.93. The minimum Gasteiger partial charge on any atom is -0.356 e. The zero-order valence-corrected chi connectivity index (χ0v) is 13.0. The number of carbonyl (C=O) groups excluding carboxylic acids is 1. The van der Waals surface area contributed by atoms with Gasteiger partial charge in [-0.15, -0.1) is 0 Å². The van der Waals surface area contributed by atoms with E-state index in [2.05, 4.69) is 0 Å². The van der Waals surface area contributed by atoms with Gasteiger partial charge in [0, 0.05) is 33.0 Å². The van der Waals surface area contributed by atoms with Crippen LogP contribution in [0.1, 0.15) is 44.9 Å². The van der Waals surface area contributed by atoms with E-state index >= 15 is 0 Å². The molecule has 116 valence electrons. The molecule has 2 aliphatic rings. The lowest BCUT2D eigenvalue weighted by atomic mass is 9.85. The summed E-state index contributed by atoms with van der Waals surface area (Å²) in [6.07, 6.45) is 4.03. The van der Waals surface area contributed by atoms with Crippen LogP contribution in [0.25, 0.3) is 0 Å². The third kappa shape index (κ3) is 3.23. The predicted octanol–water partition coefficient (Wildman–Crippen LogP) is 1.70. The minimum absolute atomic E-state index is 0.0943. The number of hydrogen-bond donors (Lipinski definition) is 0. The molecular formula is C14H24O5S. The van der Waals surface area contributed by atoms with Crippen LogP contribution in [0, 0.1) is 5.92 Å². The Morgan fingerprint density at radius 1 is 1.15 bits per heavy atom. The second-order valence-electron chi connectivity index (χ2n) is 5.84. The fraction of sp³-hybridized carbons (Fsp3) is 0.929. The van der Waals surface area contributed by atoms with Crippen molar-refractivity contribution in [3.05, 3.63) is 0 Å². The van der Waals surface area contributed by atoms with Crippen LogP contribution in [0.3, 0.4) is 0 Å². The fourth-order valence-electron chi connectivity index (χ4n) is 3.47. The molecule has 5 nitrogen and oxygen atoms in total. The maximum absolute atomic E-state index is 12.3. The molecule has 2 aliphatic heterocycles. The van der Waals surface area contributed by atoms with Crippen LogP contribution in [0.5, 0.6) is 0 Å². The van der Waals surface area contributed by atoms with Crippen LogP contribution in [0.4, 0.5) is 0 Å². The predicted molar refractivity (Wildman–Crippen MR) is 75.1 cm³/mol. The number of ether oxygens (including phenoxy) is 2. The molecule has 0 saturated carbocycles. The van der Waals surface area contributed by atoms with Gasteiger partial charge in [-0.05, 0) is 25.7 Å². The molecule has 0 aromatic heterocycles. The van der Waals surface area contributed by atoms with Crippen molar-refractivity contribution in [1.29, 1.82) is 0 Å². The Kier molecular flexibility index (Phi) is 5.20. The van der Waals surface area contributed by atoms with Gasteiger partial charge in [-0.3, -0.25) is 4.79 Å². The number of hydrogen-bond acceptors (Lipinski definition) is 5. The standard InChI is InChI=1S/C14H24O5S/c1-18-14(19-2)7-6-13(15)10-8-11-4-3-5-12(9-10)20(11,16)17/h10-12,14H,3-9H2,1-2H3. The SMILES string of the molecule is COC(CCC(=O)C1CC2CCCC(C1)S2(=O)=O)OC. The van der Waals surface area contributed by atoms with Crippen molar-refractivity contribution < 1.29 is 22.7 Å². The molecule has 2 heterocycles. The van der Waals surface area contributed by atoms with E-state index in [1.54, 1.807) is 14.2 Å². The number of sulfone groups is 1. The molecule has 2 rings (SSSR count). The van der Waals surface area contributed by atoms with Gasteiger partial charge >= 0.3 is 0 Å². The lowest BCUT2D eigenvalue weighted by Crippen LogP contribution is -2.45. The quantitative estimate of drug-likeness (QED) is 0.699. The highest BCUT2D eigenvalue weighted by Gasteiger charge is 2.45. The highest BCUT2D eigenvalue weighted by molar-refractivity contribution is 7.92. The summed E-state index contributed by atoms with van der Waals surface area (Å²) in [5.74, 6) is 0.0686. The summed E-state index contributed by atoms with van der Waals surface area (Å²) >= 11 is 0. The minimum atomic E-state index is -2.97. The average molecular weight is 304 g/mol. The molecule has 0 spiro atoms. The molecule has 0 radical (unpaired) electrons. The molecule has 20 heavy (non-hydrogen) atoms. The summed E-state index contributed by atoms with van der Waals surface area (Å²) in [6, 6.07) is 0. The molecule has 0 aliphatic carbocycles. The second kappa shape index (κ2) is 6.54. The summed E-state index contributed by atoms with van der Waals surface area (Å²) in [5, 5.41) is -0.575. The number of Topliss-reactive ketones (excluding diaryl/α,β-unsaturated/α-hetero) is 1. The first kappa shape index (κ1) is 15.9. The van der Waals surface area contributed by atoms with Crippen LogP contribution in [0.15, 0.2) is 0 Å². The van der Waals surface area contributed by atoms with Crippen molar-refractivity contribution in [2.75, 3.05) is 14.2 Å². The van der Waals surface area contributed by atoms with Crippen molar-refractivity contribution in [3.8, 4) is 0 Å². The largest absolute Gasteiger partial charge is 0.356 e. The Morgan fingerprint density at radius 3 is 2.20 bits per heavy atom. The smallest absolute Gasteiger partial charge is 0.157 e. The Bertz CT molecular complexity index is 420. The van der Waals surface area contributed by atoms with E-state index in [9.17, 15) is 13.2 Å². The zero-order chi connectivity index (χ0) is 14.8. The lowest BCUT2D eigenvalue weighted by Gasteiger charge is -2.38. The van der Waals surface area contributed by atoms with Crippen molar-refractivity contribution in [1.82, 2.24) is 0 Å². The van der Waals surface area contributed by atoms with Crippen LogP contribution in [-0.2, 0) is 24.1 Å². The number of rotatable bonds is 6. The molecule has 0 amide bonds. The van der Waals surface area contributed by atoms with Crippen LogP contribution in [0.2, 0.25) is 0 Å². The van der Waals surface area contributed by atoms with E-state index in [1.807, 2.05) is 0 Å². The van der Waals surface area contributed by atoms with Gasteiger partial charge in [0.05, 0.1) is 10.5 Å². The van der Waals surface area contributed by atoms with Crippen molar-refractivity contribution in [3.63, 3.8) is 0 Å². The van der Waals surface area contributed by atoms with Gasteiger partial charge in [-0.25, -0.2) is 8.42 Å². The van der Waals surface area contributed by atoms with Crippen LogP contribution >= 0.6 is 0 Å². The van der Waals surface area contributed by atoms with Gasteiger partial charge in [0.2, 0.25) is 0 Å². The third-order valence-corrected chi connectivity index (χ3v) is 7.40. The van der Waals surface area contributed by atoms with E-state index in [1.165, 1.54) is 0 Å². The molecule has 2 unspecified atom stereocenters. The molecule has 6 heteroatoms. The topological polar surface area (TPSA) is 69.7 Å². The monoisotopic (exact) mass is 304 g/mol. The first-order chi connectivity index (χ1) is 9.48. The van der Waals surface area contributed by atoms with Gasteiger partial charge < -0.3 is 9.47 Å². The molecule has 2 bridgehead atoms. The van der Waals surface area contributed by atoms with E-state index in [-0.39, 0.29) is 28.5 Å². The Morgan fingerprint density at radius 2 is 1.70 bits per heavy atom. The number of carbonyl (C=O) groups is 1. The zero-order valence-electron chi connectivity index (χ0n) is 12.2. The molecular weight excluding hydrogens is 280 g/mol. The fourth-order valence-corrected chi connectivity index (χ4v) is 6.00. The van der Waals surface area contributed by atoms with E-state index < -0.39 is 9.84 Å². The molecule has 2 atom stereocenters. The number of methoxy groups -OCH3 is 2. The molecule has 2 saturated heterocycles. The van der Waals surface area contributed by atoms with Gasteiger partial charge in [0.1, 0.15) is 5.78 Å². The summed E-state index contributed by atoms with van der Waals surface area (Å²) in [4.78, 5) is 12.3. The molecule has 0 aromatic rings. The third-order valence-electron chi connectivity index (χ3n) is 4.68. The summed E-state index contributed by atoms with van der Waals surface area (Å²) in [5.41, 5.74) is 0. The van der Waals surface area contributed by atoms with Gasteiger partial charge in [0.15, 0.2) is 16.1 Å². The van der Waals surface area contributed by atoms with Crippen molar-refractivity contribution in [2.24, 2.45) is 5.92 Å². The average Bonchev–Trinajstić information content (AvgIpc) is 2.38. The van der Waals surface area contributed by atoms with E-state index in [0.717, 1.165) is 19.3 Å². The summed E-state index contributed by atoms with van der Waals surface area (Å²) in [6.45, 7) is 0. The van der Waals surface area contributed by atoms with Gasteiger partial charge in [0.25, 0.3) is 0 Å². The first-order valence-electron chi connectivity index (χ1n) is 7.30. The number of ketones is 1. The molecule has 0 aromatic carbocycles. The molecule has 0 N–H and O–H groups in total. The Hall–Kier alpha value is -0.460. The maximum Gasteiger partial charge on any atom is 0.157 e. The summed E-state index contributed by atoms with van der Waals surface area (Å²) in [7, 11) is 0.129. The number of fused-ring (bicyclic) bond motifs is 2. The van der Waals surface area contributed by atoms with Crippen LogP contribution in [-0.4, -0.2) is 45.2 Å². The van der Waals surface area contributed by atoms with E-state index in [0.29, 0.717) is 25.7 Å². The van der Waals surface area contributed by atoms with Crippen molar-refractivity contribution in [2.45, 2.75) is 61.7 Å². The van der Waals surface area contributed by atoms with Gasteiger partial charge in [-0.2, -0.15) is 0 Å². The van der Waals surface area contributed by atoms with E-state index in [4.69, 9.17) is 9.47 Å². The van der Waals surface area contributed by atoms with Crippen LogP contribution < -0.4 is 0 Å². The van der Waals surface area contributed by atoms with Gasteiger partial charge in [-0.1, -0.05) is 6.42 Å². The second-order valence-corrected chi connectivity index (χ2v) is 8.35.